The minimum Gasteiger partial charge on any atom is -0.391 e. The topological polar surface area (TPSA) is 40.5 Å². The lowest BCUT2D eigenvalue weighted by atomic mass is 10.0. The summed E-state index contributed by atoms with van der Waals surface area (Å²) in [6, 6.07) is 10.5. The van der Waals surface area contributed by atoms with Crippen molar-refractivity contribution < 1.29 is 14.7 Å². The van der Waals surface area contributed by atoms with E-state index in [1.54, 1.807) is 0 Å². The molecule has 0 unspecified atom stereocenters. The van der Waals surface area contributed by atoms with Crippen LogP contribution in [0.1, 0.15) is 102 Å². The molecule has 0 bridgehead atoms. The molecular weight excluding hydrogens is 370 g/mol. The molecule has 0 atom stereocenters. The van der Waals surface area contributed by atoms with Gasteiger partial charge in [0.25, 0.3) is 0 Å². The van der Waals surface area contributed by atoms with Crippen molar-refractivity contribution in [1.82, 2.24) is 0 Å². The summed E-state index contributed by atoms with van der Waals surface area (Å²) in [5, 5.41) is 19.2. The van der Waals surface area contributed by atoms with Crippen LogP contribution in [0.15, 0.2) is 30.3 Å². The van der Waals surface area contributed by atoms with Crippen LogP contribution >= 0.6 is 0 Å². The third-order valence-electron chi connectivity index (χ3n) is 6.50. The van der Waals surface area contributed by atoms with Gasteiger partial charge in [0.05, 0.1) is 19.8 Å². The molecule has 0 aliphatic heterocycles. The smallest absolute Gasteiger partial charge is 0.104 e. The van der Waals surface area contributed by atoms with E-state index in [-0.39, 0.29) is 13.2 Å². The van der Waals surface area contributed by atoms with E-state index in [1.165, 1.54) is 95.5 Å². The Kier molecular flexibility index (Phi) is 17.0. The number of aliphatic hydroxyl groups excluding tert-OH is 2. The van der Waals surface area contributed by atoms with E-state index >= 15 is 0 Å². The lowest BCUT2D eigenvalue weighted by Crippen LogP contribution is -2.51. The summed E-state index contributed by atoms with van der Waals surface area (Å²) in [5.41, 5.74) is 1.30. The molecule has 0 saturated heterocycles. The summed E-state index contributed by atoms with van der Waals surface area (Å²) in [7, 11) is 0. The molecule has 1 aromatic carbocycles. The maximum absolute atomic E-state index is 9.62. The van der Waals surface area contributed by atoms with Gasteiger partial charge in [-0.15, -0.1) is 0 Å². The highest BCUT2D eigenvalue weighted by molar-refractivity contribution is 5.13. The predicted octanol–water partition coefficient (Wildman–Crippen LogP) is 6.47. The zero-order valence-electron chi connectivity index (χ0n) is 19.9. The van der Waals surface area contributed by atoms with E-state index in [1.807, 2.05) is 6.07 Å². The highest BCUT2D eigenvalue weighted by atomic mass is 16.3. The van der Waals surface area contributed by atoms with Crippen LogP contribution in [0.2, 0.25) is 0 Å². The van der Waals surface area contributed by atoms with Crippen LogP contribution in [0.5, 0.6) is 0 Å². The summed E-state index contributed by atoms with van der Waals surface area (Å²) in [6.07, 6.45) is 19.2. The molecule has 0 amide bonds. The third-order valence-corrected chi connectivity index (χ3v) is 6.50. The summed E-state index contributed by atoms with van der Waals surface area (Å²) >= 11 is 0. The third kappa shape index (κ3) is 13.4. The molecule has 1 aromatic rings. The number of rotatable bonds is 21. The Balaban J connectivity index is 2.14. The molecule has 0 aromatic heterocycles. The second-order valence-corrected chi connectivity index (χ2v) is 9.20. The van der Waals surface area contributed by atoms with E-state index < -0.39 is 0 Å². The number of nitrogens with zero attached hydrogens (tertiary/aromatic N) is 1. The largest absolute Gasteiger partial charge is 0.391 e. The molecule has 174 valence electrons. The van der Waals surface area contributed by atoms with Crippen molar-refractivity contribution in [3.63, 3.8) is 0 Å². The number of hydrogen-bond acceptors (Lipinski definition) is 2. The number of hydrogen-bond donors (Lipinski definition) is 2. The van der Waals surface area contributed by atoms with Crippen molar-refractivity contribution in [3.05, 3.63) is 35.9 Å². The van der Waals surface area contributed by atoms with Crippen LogP contribution in [0, 0.1) is 0 Å². The predicted molar refractivity (Wildman–Crippen MR) is 129 cm³/mol. The van der Waals surface area contributed by atoms with Gasteiger partial charge in [0.15, 0.2) is 0 Å². The standard InChI is InChI=1S/C27H50NO2/c1-2-3-4-5-6-7-8-9-10-11-12-13-14-18-21-28(22-24-29,23-25-30)26-27-19-16-15-17-20-27/h15-17,19-20,29-30H,2-14,18,21-26H2,1H3/q+1. The zero-order valence-corrected chi connectivity index (χ0v) is 19.9. The Hall–Kier alpha value is -0.900. The molecule has 2 N–H and O–H groups in total. The van der Waals surface area contributed by atoms with Gasteiger partial charge in [-0.2, -0.15) is 0 Å². The van der Waals surface area contributed by atoms with Crippen molar-refractivity contribution in [3.8, 4) is 0 Å². The fourth-order valence-corrected chi connectivity index (χ4v) is 4.61. The first-order valence-electron chi connectivity index (χ1n) is 12.9. The van der Waals surface area contributed by atoms with Crippen LogP contribution in [-0.2, 0) is 6.54 Å². The Morgan fingerprint density at radius 1 is 0.567 bits per heavy atom. The van der Waals surface area contributed by atoms with E-state index in [9.17, 15) is 10.2 Å². The number of unbranched alkanes of at least 4 members (excludes halogenated alkanes) is 13. The average Bonchev–Trinajstić information content (AvgIpc) is 2.75. The highest BCUT2D eigenvalue weighted by Crippen LogP contribution is 2.18. The molecule has 0 spiro atoms. The highest BCUT2D eigenvalue weighted by Gasteiger charge is 2.26. The molecule has 30 heavy (non-hydrogen) atoms. The maximum atomic E-state index is 9.62. The van der Waals surface area contributed by atoms with E-state index in [4.69, 9.17) is 0 Å². The molecule has 0 radical (unpaired) electrons. The number of quaternary nitrogens is 1. The first-order valence-corrected chi connectivity index (χ1v) is 12.9. The monoisotopic (exact) mass is 420 g/mol. The summed E-state index contributed by atoms with van der Waals surface area (Å²) < 4.78 is 0.801. The van der Waals surface area contributed by atoms with Gasteiger partial charge in [0.2, 0.25) is 0 Å². The maximum Gasteiger partial charge on any atom is 0.104 e. The van der Waals surface area contributed by atoms with Gasteiger partial charge in [0.1, 0.15) is 19.6 Å². The van der Waals surface area contributed by atoms with E-state index in [0.29, 0.717) is 0 Å². The first-order chi connectivity index (χ1) is 14.8. The van der Waals surface area contributed by atoms with Crippen molar-refractivity contribution in [2.75, 3.05) is 32.8 Å². The molecule has 0 aliphatic rings. The minimum atomic E-state index is 0.186. The molecule has 1 rings (SSSR count). The van der Waals surface area contributed by atoms with Crippen molar-refractivity contribution >= 4 is 0 Å². The minimum absolute atomic E-state index is 0.186. The van der Waals surface area contributed by atoms with Crippen LogP contribution in [-0.4, -0.2) is 47.5 Å². The fourth-order valence-electron chi connectivity index (χ4n) is 4.61. The second kappa shape index (κ2) is 18.8. The molecule has 0 saturated carbocycles. The van der Waals surface area contributed by atoms with E-state index in [2.05, 4.69) is 31.2 Å². The van der Waals surface area contributed by atoms with Crippen LogP contribution < -0.4 is 0 Å². The van der Waals surface area contributed by atoms with Gasteiger partial charge in [-0.3, -0.25) is 0 Å². The average molecular weight is 421 g/mol. The molecule has 0 heterocycles. The van der Waals surface area contributed by atoms with Gasteiger partial charge in [-0.1, -0.05) is 114 Å². The number of aliphatic hydroxyl groups is 2. The van der Waals surface area contributed by atoms with Crippen LogP contribution in [0.25, 0.3) is 0 Å². The van der Waals surface area contributed by atoms with Crippen molar-refractivity contribution in [2.24, 2.45) is 0 Å². The van der Waals surface area contributed by atoms with Gasteiger partial charge in [0, 0.05) is 5.56 Å². The normalized spacial score (nSPS) is 11.8. The Bertz CT molecular complexity index is 471. The molecule has 3 heteroatoms. The summed E-state index contributed by atoms with van der Waals surface area (Å²) in [4.78, 5) is 0. The van der Waals surface area contributed by atoms with Gasteiger partial charge < -0.3 is 14.7 Å². The fraction of sp³-hybridized carbons (Fsp3) is 0.778. The quantitative estimate of drug-likeness (QED) is 0.177. The first kappa shape index (κ1) is 27.1. The van der Waals surface area contributed by atoms with Crippen molar-refractivity contribution in [2.45, 2.75) is 103 Å². The second-order valence-electron chi connectivity index (χ2n) is 9.20. The van der Waals surface area contributed by atoms with Crippen LogP contribution in [0.3, 0.4) is 0 Å². The molecule has 0 fully saturated rings. The molecule has 3 nitrogen and oxygen atoms in total. The van der Waals surface area contributed by atoms with Gasteiger partial charge >= 0.3 is 0 Å². The van der Waals surface area contributed by atoms with Crippen molar-refractivity contribution in [1.29, 1.82) is 0 Å². The zero-order chi connectivity index (χ0) is 21.8. The van der Waals surface area contributed by atoms with E-state index in [0.717, 1.165) is 30.7 Å². The lowest BCUT2D eigenvalue weighted by Gasteiger charge is -2.38. The Labute approximate surface area is 187 Å². The SMILES string of the molecule is CCCCCCCCCCCCCCCC[N+](CCO)(CCO)Cc1ccccc1. The Morgan fingerprint density at radius 2 is 1.00 bits per heavy atom. The Morgan fingerprint density at radius 3 is 1.43 bits per heavy atom. The molecule has 0 aliphatic carbocycles. The van der Waals surface area contributed by atoms with Gasteiger partial charge in [-0.05, 0) is 12.8 Å². The number of benzene rings is 1. The van der Waals surface area contributed by atoms with Gasteiger partial charge in [-0.25, -0.2) is 0 Å². The lowest BCUT2D eigenvalue weighted by molar-refractivity contribution is -0.941. The summed E-state index contributed by atoms with van der Waals surface area (Å²) in [6.45, 7) is 6.07. The molecular formula is C27H50NO2+. The van der Waals surface area contributed by atoms with Crippen LogP contribution in [0.4, 0.5) is 0 Å². The summed E-state index contributed by atoms with van der Waals surface area (Å²) in [5.74, 6) is 0.